The fourth-order valence-corrected chi connectivity index (χ4v) is 2.59. The zero-order chi connectivity index (χ0) is 18.5. The van der Waals surface area contributed by atoms with Crippen LogP contribution in [0.15, 0.2) is 54.6 Å². The number of rotatable bonds is 6. The van der Waals surface area contributed by atoms with Crippen LogP contribution in [-0.2, 0) is 0 Å². The van der Waals surface area contributed by atoms with E-state index < -0.39 is 0 Å². The molecule has 6 heteroatoms. The summed E-state index contributed by atoms with van der Waals surface area (Å²) in [6.07, 6.45) is 0.822. The van der Waals surface area contributed by atoms with Crippen LogP contribution < -0.4 is 10.1 Å². The van der Waals surface area contributed by atoms with Crippen molar-refractivity contribution in [3.63, 3.8) is 0 Å². The summed E-state index contributed by atoms with van der Waals surface area (Å²) in [5.74, 6) is 0.0670. The highest BCUT2D eigenvalue weighted by atomic mass is 19.1. The lowest BCUT2D eigenvalue weighted by molar-refractivity contribution is 0.0946. The lowest BCUT2D eigenvalue weighted by atomic mass is 10.1. The van der Waals surface area contributed by atoms with Crippen molar-refractivity contribution in [2.24, 2.45) is 0 Å². The second-order valence-electron chi connectivity index (χ2n) is 5.76. The van der Waals surface area contributed by atoms with Crippen molar-refractivity contribution < 1.29 is 13.9 Å². The molecule has 0 radical (unpaired) electrons. The Bertz CT molecular complexity index is 904. The summed E-state index contributed by atoms with van der Waals surface area (Å²) in [4.78, 5) is 12.6. The van der Waals surface area contributed by atoms with E-state index in [1.165, 1.54) is 10.7 Å². The summed E-state index contributed by atoms with van der Waals surface area (Å²) in [6, 6.07) is 15.1. The highest BCUT2D eigenvalue weighted by molar-refractivity contribution is 5.94. The zero-order valence-electron chi connectivity index (χ0n) is 14.7. The molecule has 5 nitrogen and oxygen atoms in total. The summed E-state index contributed by atoms with van der Waals surface area (Å²) >= 11 is 0. The van der Waals surface area contributed by atoms with Crippen LogP contribution in [0, 0.1) is 5.82 Å². The number of nitrogens with zero attached hydrogens (tertiary/aromatic N) is 2. The highest BCUT2D eigenvalue weighted by Crippen LogP contribution is 2.25. The molecular weight excluding hydrogens is 333 g/mol. The van der Waals surface area contributed by atoms with E-state index in [0.717, 1.165) is 6.42 Å². The summed E-state index contributed by atoms with van der Waals surface area (Å²) in [6.45, 7) is 2.54. The minimum Gasteiger partial charge on any atom is -0.497 e. The largest absolute Gasteiger partial charge is 0.497 e. The van der Waals surface area contributed by atoms with Crippen molar-refractivity contribution in [2.75, 3.05) is 13.7 Å². The lowest BCUT2D eigenvalue weighted by Gasteiger charge is -2.08. The summed E-state index contributed by atoms with van der Waals surface area (Å²) in [5, 5.41) is 7.31. The van der Waals surface area contributed by atoms with Crippen LogP contribution in [0.4, 0.5) is 4.39 Å². The van der Waals surface area contributed by atoms with Crippen LogP contribution in [0.3, 0.4) is 0 Å². The Morgan fingerprint density at radius 3 is 2.58 bits per heavy atom. The van der Waals surface area contributed by atoms with Gasteiger partial charge in [0.25, 0.3) is 5.91 Å². The number of hydrogen-bond donors (Lipinski definition) is 1. The molecule has 0 fully saturated rings. The molecule has 1 N–H and O–H groups in total. The smallest absolute Gasteiger partial charge is 0.270 e. The van der Waals surface area contributed by atoms with Crippen molar-refractivity contribution in [1.82, 2.24) is 15.1 Å². The Morgan fingerprint density at radius 1 is 1.19 bits per heavy atom. The van der Waals surface area contributed by atoms with Crippen molar-refractivity contribution in [3.8, 4) is 22.7 Å². The number of benzene rings is 2. The Labute approximate surface area is 151 Å². The van der Waals surface area contributed by atoms with Gasteiger partial charge in [-0.2, -0.15) is 5.10 Å². The molecule has 0 bridgehead atoms. The minimum absolute atomic E-state index is 0.252. The summed E-state index contributed by atoms with van der Waals surface area (Å²) in [7, 11) is 1.59. The maximum absolute atomic E-state index is 14.2. The van der Waals surface area contributed by atoms with Crippen LogP contribution in [0.25, 0.3) is 16.9 Å². The van der Waals surface area contributed by atoms with E-state index in [-0.39, 0.29) is 11.7 Å². The summed E-state index contributed by atoms with van der Waals surface area (Å²) in [5.41, 5.74) is 1.79. The van der Waals surface area contributed by atoms with Gasteiger partial charge in [-0.3, -0.25) is 4.79 Å². The number of methoxy groups -OCH3 is 1. The average molecular weight is 353 g/mol. The number of nitrogens with one attached hydrogen (secondary N) is 1. The van der Waals surface area contributed by atoms with Gasteiger partial charge in [0.1, 0.15) is 17.3 Å². The molecular formula is C20H20FN3O2. The molecule has 0 spiro atoms. The van der Waals surface area contributed by atoms with Gasteiger partial charge in [-0.1, -0.05) is 19.1 Å². The first-order chi connectivity index (χ1) is 12.6. The van der Waals surface area contributed by atoms with Crippen LogP contribution in [0.2, 0.25) is 0 Å². The molecule has 0 atom stereocenters. The Balaban J connectivity index is 2.08. The molecule has 1 amide bonds. The van der Waals surface area contributed by atoms with Gasteiger partial charge in [0, 0.05) is 12.1 Å². The third kappa shape index (κ3) is 3.59. The Morgan fingerprint density at radius 2 is 1.92 bits per heavy atom. The number of carbonyl (C=O) groups is 1. The van der Waals surface area contributed by atoms with Gasteiger partial charge in [-0.15, -0.1) is 0 Å². The lowest BCUT2D eigenvalue weighted by Crippen LogP contribution is -2.26. The number of aromatic nitrogens is 2. The molecule has 3 rings (SSSR count). The van der Waals surface area contributed by atoms with Gasteiger partial charge < -0.3 is 10.1 Å². The maximum atomic E-state index is 14.2. The monoisotopic (exact) mass is 353 g/mol. The van der Waals surface area contributed by atoms with E-state index in [1.54, 1.807) is 55.6 Å². The maximum Gasteiger partial charge on any atom is 0.270 e. The normalized spacial score (nSPS) is 10.6. The molecule has 0 saturated carbocycles. The summed E-state index contributed by atoms with van der Waals surface area (Å²) < 4.78 is 20.8. The highest BCUT2D eigenvalue weighted by Gasteiger charge is 2.18. The predicted octanol–water partition coefficient (Wildman–Crippen LogP) is 3.83. The topological polar surface area (TPSA) is 56.2 Å². The molecule has 0 aliphatic heterocycles. The minimum atomic E-state index is -0.382. The first kappa shape index (κ1) is 17.7. The van der Waals surface area contributed by atoms with Crippen molar-refractivity contribution >= 4 is 5.91 Å². The second kappa shape index (κ2) is 7.82. The standard InChI is InChI=1S/C20H20FN3O2/c1-3-12-22-20(25)19-13-18(16-6-4-5-7-17(16)21)23-24(19)14-8-10-15(26-2)11-9-14/h4-11,13H,3,12H2,1-2H3,(H,22,25). The van der Waals surface area contributed by atoms with E-state index >= 15 is 0 Å². The number of halogens is 1. The van der Waals surface area contributed by atoms with Gasteiger partial charge in [-0.25, -0.2) is 9.07 Å². The van der Waals surface area contributed by atoms with Crippen LogP contribution >= 0.6 is 0 Å². The van der Waals surface area contributed by atoms with Gasteiger partial charge >= 0.3 is 0 Å². The van der Waals surface area contributed by atoms with Crippen LogP contribution in [0.5, 0.6) is 5.75 Å². The molecule has 0 aliphatic carbocycles. The van der Waals surface area contributed by atoms with Gasteiger partial charge in [0.2, 0.25) is 0 Å². The molecule has 134 valence electrons. The number of carbonyl (C=O) groups excluding carboxylic acids is 1. The van der Waals surface area contributed by atoms with Gasteiger partial charge in [-0.05, 0) is 48.9 Å². The Hall–Kier alpha value is -3.15. The number of hydrogen-bond acceptors (Lipinski definition) is 3. The molecule has 2 aromatic carbocycles. The third-order valence-electron chi connectivity index (χ3n) is 3.94. The van der Waals surface area contributed by atoms with E-state index in [1.807, 2.05) is 6.92 Å². The molecule has 26 heavy (non-hydrogen) atoms. The van der Waals surface area contributed by atoms with Crippen molar-refractivity contribution in [3.05, 3.63) is 66.1 Å². The molecule has 0 unspecified atom stereocenters. The van der Waals surface area contributed by atoms with E-state index in [2.05, 4.69) is 10.4 Å². The third-order valence-corrected chi connectivity index (χ3v) is 3.94. The van der Waals surface area contributed by atoms with Crippen LogP contribution in [-0.4, -0.2) is 29.3 Å². The molecule has 3 aromatic rings. The van der Waals surface area contributed by atoms with Crippen molar-refractivity contribution in [1.29, 1.82) is 0 Å². The van der Waals surface area contributed by atoms with Gasteiger partial charge in [0.15, 0.2) is 0 Å². The first-order valence-electron chi connectivity index (χ1n) is 8.41. The van der Waals surface area contributed by atoms with E-state index in [4.69, 9.17) is 4.74 Å². The molecule has 1 heterocycles. The predicted molar refractivity (Wildman–Crippen MR) is 98.1 cm³/mol. The first-order valence-corrected chi connectivity index (χ1v) is 8.41. The fraction of sp³-hybridized carbons (Fsp3) is 0.200. The van der Waals surface area contributed by atoms with E-state index in [9.17, 15) is 9.18 Å². The van der Waals surface area contributed by atoms with Gasteiger partial charge in [0.05, 0.1) is 18.5 Å². The average Bonchev–Trinajstić information content (AvgIpc) is 3.11. The fourth-order valence-electron chi connectivity index (χ4n) is 2.59. The quantitative estimate of drug-likeness (QED) is 0.733. The number of ether oxygens (including phenoxy) is 1. The molecule has 0 saturated heterocycles. The van der Waals surface area contributed by atoms with Crippen LogP contribution in [0.1, 0.15) is 23.8 Å². The number of amides is 1. The molecule has 0 aliphatic rings. The van der Waals surface area contributed by atoms with E-state index in [0.29, 0.717) is 34.9 Å². The van der Waals surface area contributed by atoms with Crippen molar-refractivity contribution in [2.45, 2.75) is 13.3 Å². The Kier molecular flexibility index (Phi) is 5.31. The zero-order valence-corrected chi connectivity index (χ0v) is 14.7. The second-order valence-corrected chi connectivity index (χ2v) is 5.76. The SMILES string of the molecule is CCCNC(=O)c1cc(-c2ccccc2F)nn1-c1ccc(OC)cc1. The molecule has 1 aromatic heterocycles.